The highest BCUT2D eigenvalue weighted by Crippen LogP contribution is 2.30. The van der Waals surface area contributed by atoms with Gasteiger partial charge in [0.25, 0.3) is 0 Å². The van der Waals surface area contributed by atoms with Crippen molar-refractivity contribution in [2.45, 2.75) is 0 Å². The van der Waals surface area contributed by atoms with Crippen LogP contribution in [0, 0.1) is 0 Å². The Hall–Kier alpha value is -1.86. The first-order chi connectivity index (χ1) is 9.97. The first kappa shape index (κ1) is 15.5. The molecule has 21 heavy (non-hydrogen) atoms. The minimum absolute atomic E-state index is 0.0879. The number of aromatic carboxylic acids is 1. The number of anilines is 1. The second kappa shape index (κ2) is 6.73. The maximum absolute atomic E-state index is 10.7. The van der Waals surface area contributed by atoms with Gasteiger partial charge in [-0.2, -0.15) is 5.10 Å². The minimum atomic E-state index is -0.978. The topological polar surface area (TPSA) is 81.9 Å². The molecule has 0 saturated carbocycles. The van der Waals surface area contributed by atoms with Crippen molar-refractivity contribution in [1.82, 2.24) is 0 Å². The van der Waals surface area contributed by atoms with E-state index in [1.54, 1.807) is 24.3 Å². The molecule has 0 heterocycles. The van der Waals surface area contributed by atoms with Crippen molar-refractivity contribution in [3.8, 4) is 5.75 Å². The van der Waals surface area contributed by atoms with Gasteiger partial charge >= 0.3 is 5.97 Å². The third-order valence-electron chi connectivity index (χ3n) is 2.59. The summed E-state index contributed by atoms with van der Waals surface area (Å²) in [5, 5.41) is 22.7. The molecular weight excluding hydrogens is 404 g/mol. The molecule has 2 aromatic carbocycles. The summed E-state index contributed by atoms with van der Waals surface area (Å²) in [6, 6.07) is 9.62. The summed E-state index contributed by atoms with van der Waals surface area (Å²) in [6.07, 6.45) is 1.47. The Morgan fingerprint density at radius 2 is 1.86 bits per heavy atom. The van der Waals surface area contributed by atoms with Gasteiger partial charge < -0.3 is 10.2 Å². The van der Waals surface area contributed by atoms with E-state index < -0.39 is 5.97 Å². The molecular formula is C14H10Br2N2O3. The Balaban J connectivity index is 2.10. The van der Waals surface area contributed by atoms with Crippen molar-refractivity contribution in [2.75, 3.05) is 5.43 Å². The fraction of sp³-hybridized carbons (Fsp3) is 0. The minimum Gasteiger partial charge on any atom is -0.506 e. The zero-order valence-electron chi connectivity index (χ0n) is 10.5. The van der Waals surface area contributed by atoms with Crippen LogP contribution >= 0.6 is 31.9 Å². The Kier molecular flexibility index (Phi) is 4.98. The van der Waals surface area contributed by atoms with E-state index in [0.717, 1.165) is 4.47 Å². The Morgan fingerprint density at radius 3 is 2.48 bits per heavy atom. The quantitative estimate of drug-likeness (QED) is 0.521. The second-order valence-electron chi connectivity index (χ2n) is 4.08. The van der Waals surface area contributed by atoms with Gasteiger partial charge in [0.2, 0.25) is 0 Å². The van der Waals surface area contributed by atoms with Crippen LogP contribution in [0.4, 0.5) is 5.69 Å². The summed E-state index contributed by atoms with van der Waals surface area (Å²) in [5.74, 6) is -0.890. The Morgan fingerprint density at radius 1 is 1.19 bits per heavy atom. The van der Waals surface area contributed by atoms with Gasteiger partial charge in [0.15, 0.2) is 0 Å². The maximum Gasteiger partial charge on any atom is 0.335 e. The number of benzene rings is 2. The predicted molar refractivity (Wildman–Crippen MR) is 88.1 cm³/mol. The van der Waals surface area contributed by atoms with Crippen LogP contribution in [-0.4, -0.2) is 22.4 Å². The van der Waals surface area contributed by atoms with Gasteiger partial charge in [-0.3, -0.25) is 5.43 Å². The number of halogens is 2. The zero-order chi connectivity index (χ0) is 15.4. The number of carboxylic acids is 1. The lowest BCUT2D eigenvalue weighted by Gasteiger charge is -2.04. The highest BCUT2D eigenvalue weighted by atomic mass is 79.9. The molecule has 2 aromatic rings. The molecule has 0 aromatic heterocycles. The van der Waals surface area contributed by atoms with Crippen LogP contribution in [0.15, 0.2) is 50.4 Å². The molecule has 0 spiro atoms. The van der Waals surface area contributed by atoms with E-state index in [0.29, 0.717) is 15.7 Å². The average molecular weight is 414 g/mol. The third kappa shape index (κ3) is 4.05. The summed E-state index contributed by atoms with van der Waals surface area (Å²) >= 11 is 6.56. The molecule has 5 nitrogen and oxygen atoms in total. The molecule has 0 atom stereocenters. The second-order valence-corrected chi connectivity index (χ2v) is 5.85. The number of nitrogens with one attached hydrogen (secondary N) is 1. The third-order valence-corrected chi connectivity index (χ3v) is 3.65. The van der Waals surface area contributed by atoms with Crippen LogP contribution in [-0.2, 0) is 0 Å². The number of hydrogen-bond donors (Lipinski definition) is 3. The van der Waals surface area contributed by atoms with Gasteiger partial charge in [0.05, 0.1) is 21.9 Å². The van der Waals surface area contributed by atoms with Crippen molar-refractivity contribution < 1.29 is 15.0 Å². The SMILES string of the molecule is O=C(O)c1ccc(N/N=C\c2cc(Br)cc(Br)c2O)cc1. The van der Waals surface area contributed by atoms with Gasteiger partial charge in [-0.25, -0.2) is 4.79 Å². The van der Waals surface area contributed by atoms with Crippen molar-refractivity contribution in [3.63, 3.8) is 0 Å². The monoisotopic (exact) mass is 412 g/mol. The van der Waals surface area contributed by atoms with E-state index in [2.05, 4.69) is 42.4 Å². The van der Waals surface area contributed by atoms with E-state index in [-0.39, 0.29) is 11.3 Å². The molecule has 0 radical (unpaired) electrons. The van der Waals surface area contributed by atoms with Crippen LogP contribution < -0.4 is 5.43 Å². The number of aromatic hydroxyl groups is 1. The van der Waals surface area contributed by atoms with E-state index >= 15 is 0 Å². The molecule has 7 heteroatoms. The molecule has 0 saturated heterocycles. The van der Waals surface area contributed by atoms with E-state index in [1.807, 2.05) is 0 Å². The van der Waals surface area contributed by atoms with Gasteiger partial charge in [0.1, 0.15) is 5.75 Å². The lowest BCUT2D eigenvalue weighted by molar-refractivity contribution is 0.0697. The van der Waals surface area contributed by atoms with Gasteiger partial charge in [-0.05, 0) is 52.3 Å². The highest BCUT2D eigenvalue weighted by molar-refractivity contribution is 9.11. The fourth-order valence-corrected chi connectivity index (χ4v) is 2.81. The molecule has 0 amide bonds. The first-order valence-corrected chi connectivity index (χ1v) is 7.36. The zero-order valence-corrected chi connectivity index (χ0v) is 13.7. The molecule has 2 rings (SSSR count). The fourth-order valence-electron chi connectivity index (χ4n) is 1.55. The molecule has 0 unspecified atom stereocenters. The average Bonchev–Trinajstić information content (AvgIpc) is 2.44. The van der Waals surface area contributed by atoms with Gasteiger partial charge in [-0.1, -0.05) is 15.9 Å². The largest absolute Gasteiger partial charge is 0.506 e. The van der Waals surface area contributed by atoms with E-state index in [1.165, 1.54) is 18.3 Å². The number of hydrazone groups is 1. The number of phenols is 1. The van der Waals surface area contributed by atoms with Gasteiger partial charge in [0, 0.05) is 10.0 Å². The number of rotatable bonds is 4. The van der Waals surface area contributed by atoms with Crippen LogP contribution in [0.5, 0.6) is 5.75 Å². The highest BCUT2D eigenvalue weighted by Gasteiger charge is 2.05. The lowest BCUT2D eigenvalue weighted by atomic mass is 10.2. The molecule has 0 aliphatic heterocycles. The van der Waals surface area contributed by atoms with Crippen molar-refractivity contribution >= 4 is 49.7 Å². The van der Waals surface area contributed by atoms with Crippen molar-refractivity contribution in [1.29, 1.82) is 0 Å². The van der Waals surface area contributed by atoms with E-state index in [4.69, 9.17) is 5.11 Å². The molecule has 0 bridgehead atoms. The van der Waals surface area contributed by atoms with Crippen molar-refractivity contribution in [2.24, 2.45) is 5.10 Å². The van der Waals surface area contributed by atoms with E-state index in [9.17, 15) is 9.90 Å². The molecule has 3 N–H and O–H groups in total. The van der Waals surface area contributed by atoms with Crippen LogP contribution in [0.1, 0.15) is 15.9 Å². The summed E-state index contributed by atoms with van der Waals surface area (Å²) in [5.41, 5.74) is 4.14. The molecule has 0 aliphatic rings. The Bertz CT molecular complexity index is 700. The van der Waals surface area contributed by atoms with Crippen molar-refractivity contribution in [3.05, 3.63) is 56.5 Å². The van der Waals surface area contributed by atoms with Crippen LogP contribution in [0.3, 0.4) is 0 Å². The number of carboxylic acid groups (broad SMARTS) is 1. The smallest absolute Gasteiger partial charge is 0.335 e. The number of nitrogens with zero attached hydrogens (tertiary/aromatic N) is 1. The number of phenolic OH excluding ortho intramolecular Hbond substituents is 1. The molecule has 0 fully saturated rings. The standard InChI is InChI=1S/C14H10Br2N2O3/c15-10-5-9(13(19)12(16)6-10)7-17-18-11-3-1-8(2-4-11)14(20)21/h1-7,18-19H,(H,20,21)/b17-7-. The summed E-state index contributed by atoms with van der Waals surface area (Å²) in [4.78, 5) is 10.7. The van der Waals surface area contributed by atoms with Gasteiger partial charge in [-0.15, -0.1) is 0 Å². The lowest BCUT2D eigenvalue weighted by Crippen LogP contribution is -1.96. The van der Waals surface area contributed by atoms with Crippen LogP contribution in [0.25, 0.3) is 0 Å². The summed E-state index contributed by atoms with van der Waals surface area (Å²) in [7, 11) is 0. The van der Waals surface area contributed by atoms with Crippen LogP contribution in [0.2, 0.25) is 0 Å². The number of hydrogen-bond acceptors (Lipinski definition) is 4. The normalized spacial score (nSPS) is 10.8. The summed E-state index contributed by atoms with van der Waals surface area (Å²) in [6.45, 7) is 0. The number of carbonyl (C=O) groups is 1. The Labute approximate surface area is 137 Å². The maximum atomic E-state index is 10.7. The predicted octanol–water partition coefficient (Wildman–Crippen LogP) is 4.06. The molecule has 0 aliphatic carbocycles. The first-order valence-electron chi connectivity index (χ1n) is 5.78. The molecule has 108 valence electrons. The summed E-state index contributed by atoms with van der Waals surface area (Å²) < 4.78 is 1.36.